The quantitative estimate of drug-likeness (QED) is 0.864. The van der Waals surface area contributed by atoms with Gasteiger partial charge in [-0.05, 0) is 35.9 Å². The molecule has 0 saturated carbocycles. The second kappa shape index (κ2) is 6.35. The Morgan fingerprint density at radius 1 is 1.00 bits per heavy atom. The Morgan fingerprint density at radius 3 is 2.35 bits per heavy atom. The first-order chi connectivity index (χ1) is 9.47. The molecule has 0 atom stereocenters. The number of ether oxygens (including phenoxy) is 1. The van der Waals surface area contributed by atoms with Gasteiger partial charge in [-0.25, -0.2) is 4.79 Å². The third kappa shape index (κ3) is 3.57. The number of aromatic carboxylic acids is 1. The minimum atomic E-state index is -1.10. The Balaban J connectivity index is 2.12. The summed E-state index contributed by atoms with van der Waals surface area (Å²) in [6, 6.07) is 9.61. The molecule has 0 unspecified atom stereocenters. The Kier molecular flexibility index (Phi) is 4.76. The minimum absolute atomic E-state index is 0.00157. The lowest BCUT2D eigenvalue weighted by molar-refractivity contribution is 0.0696. The summed E-state index contributed by atoms with van der Waals surface area (Å²) in [7, 11) is 0. The highest BCUT2D eigenvalue weighted by Crippen LogP contribution is 2.25. The molecule has 2 aromatic rings. The van der Waals surface area contributed by atoms with Crippen LogP contribution in [-0.4, -0.2) is 11.1 Å². The van der Waals surface area contributed by atoms with E-state index in [-0.39, 0.29) is 17.2 Å². The van der Waals surface area contributed by atoms with Crippen LogP contribution in [0.4, 0.5) is 0 Å². The van der Waals surface area contributed by atoms with E-state index >= 15 is 0 Å². The van der Waals surface area contributed by atoms with Crippen molar-refractivity contribution in [1.82, 2.24) is 0 Å². The standard InChI is InChI=1S/C14H9Cl3O3/c15-11-4-2-9(6-10(11)14(18)19)20-7-8-1-3-12(16)13(17)5-8/h1-6H,7H2,(H,18,19). The summed E-state index contributed by atoms with van der Waals surface area (Å²) in [6.07, 6.45) is 0. The van der Waals surface area contributed by atoms with Gasteiger partial charge in [-0.3, -0.25) is 0 Å². The second-order valence-electron chi connectivity index (χ2n) is 3.98. The van der Waals surface area contributed by atoms with E-state index in [0.29, 0.717) is 15.8 Å². The third-order valence-corrected chi connectivity index (χ3v) is 3.63. The zero-order valence-corrected chi connectivity index (χ0v) is 12.3. The van der Waals surface area contributed by atoms with Gasteiger partial charge in [0.1, 0.15) is 12.4 Å². The molecule has 20 heavy (non-hydrogen) atoms. The molecule has 0 aliphatic heterocycles. The number of carbonyl (C=O) groups is 1. The van der Waals surface area contributed by atoms with Crippen LogP contribution >= 0.6 is 34.8 Å². The fraction of sp³-hybridized carbons (Fsp3) is 0.0714. The largest absolute Gasteiger partial charge is 0.489 e. The molecule has 0 heterocycles. The summed E-state index contributed by atoms with van der Waals surface area (Å²) in [5.41, 5.74) is 0.824. The second-order valence-corrected chi connectivity index (χ2v) is 5.21. The first-order valence-electron chi connectivity index (χ1n) is 5.57. The van der Waals surface area contributed by atoms with Gasteiger partial charge >= 0.3 is 5.97 Å². The average Bonchev–Trinajstić information content (AvgIpc) is 2.41. The molecule has 0 bridgehead atoms. The summed E-state index contributed by atoms with van der Waals surface area (Å²) < 4.78 is 5.51. The topological polar surface area (TPSA) is 46.5 Å². The minimum Gasteiger partial charge on any atom is -0.489 e. The number of hydrogen-bond donors (Lipinski definition) is 1. The summed E-state index contributed by atoms with van der Waals surface area (Å²) in [5.74, 6) is -0.687. The number of benzene rings is 2. The maximum Gasteiger partial charge on any atom is 0.337 e. The van der Waals surface area contributed by atoms with Crippen molar-refractivity contribution >= 4 is 40.8 Å². The van der Waals surface area contributed by atoms with E-state index in [1.807, 2.05) is 0 Å². The molecular formula is C14H9Cl3O3. The molecule has 0 aromatic heterocycles. The number of halogens is 3. The zero-order valence-electron chi connectivity index (χ0n) is 10.1. The Hall–Kier alpha value is -1.42. The SMILES string of the molecule is O=C(O)c1cc(OCc2ccc(Cl)c(Cl)c2)ccc1Cl. The van der Waals surface area contributed by atoms with Crippen LogP contribution in [0.25, 0.3) is 0 Å². The third-order valence-electron chi connectivity index (χ3n) is 2.56. The lowest BCUT2D eigenvalue weighted by Gasteiger charge is -2.08. The monoisotopic (exact) mass is 330 g/mol. The van der Waals surface area contributed by atoms with E-state index < -0.39 is 5.97 Å². The average molecular weight is 332 g/mol. The van der Waals surface area contributed by atoms with E-state index in [1.54, 1.807) is 24.3 Å². The van der Waals surface area contributed by atoms with Crippen LogP contribution in [0.5, 0.6) is 5.75 Å². The van der Waals surface area contributed by atoms with E-state index in [0.717, 1.165) is 5.56 Å². The summed E-state index contributed by atoms with van der Waals surface area (Å²) in [5, 5.41) is 10.0. The highest BCUT2D eigenvalue weighted by atomic mass is 35.5. The number of rotatable bonds is 4. The van der Waals surface area contributed by atoms with Crippen molar-refractivity contribution in [3.05, 3.63) is 62.6 Å². The molecule has 0 saturated heterocycles. The first-order valence-corrected chi connectivity index (χ1v) is 6.70. The van der Waals surface area contributed by atoms with Gasteiger partial charge in [0.15, 0.2) is 0 Å². The van der Waals surface area contributed by atoms with Gasteiger partial charge in [0.2, 0.25) is 0 Å². The molecule has 0 amide bonds. The number of carboxylic acid groups (broad SMARTS) is 1. The predicted octanol–water partition coefficient (Wildman–Crippen LogP) is 4.92. The molecule has 104 valence electrons. The molecule has 0 fully saturated rings. The molecule has 0 radical (unpaired) electrons. The van der Waals surface area contributed by atoms with Crippen LogP contribution in [0.3, 0.4) is 0 Å². The first kappa shape index (κ1) is 15.0. The fourth-order valence-electron chi connectivity index (χ4n) is 1.55. The maximum atomic E-state index is 11.0. The normalized spacial score (nSPS) is 10.3. The van der Waals surface area contributed by atoms with Gasteiger partial charge in [-0.15, -0.1) is 0 Å². The van der Waals surface area contributed by atoms with Gasteiger partial charge in [-0.2, -0.15) is 0 Å². The van der Waals surface area contributed by atoms with Gasteiger partial charge in [-0.1, -0.05) is 40.9 Å². The smallest absolute Gasteiger partial charge is 0.337 e. The molecule has 2 aromatic carbocycles. The van der Waals surface area contributed by atoms with Gasteiger partial charge < -0.3 is 9.84 Å². The summed E-state index contributed by atoms with van der Waals surface area (Å²) >= 11 is 17.5. The van der Waals surface area contributed by atoms with Crippen LogP contribution in [0.15, 0.2) is 36.4 Å². The molecule has 0 spiro atoms. The molecule has 3 nitrogen and oxygen atoms in total. The van der Waals surface area contributed by atoms with Crippen LogP contribution < -0.4 is 4.74 Å². The number of carboxylic acids is 1. The lowest BCUT2D eigenvalue weighted by Crippen LogP contribution is -2.00. The van der Waals surface area contributed by atoms with E-state index in [1.165, 1.54) is 12.1 Å². The molecule has 6 heteroatoms. The van der Waals surface area contributed by atoms with Crippen molar-refractivity contribution in [2.45, 2.75) is 6.61 Å². The number of hydrogen-bond acceptors (Lipinski definition) is 2. The van der Waals surface area contributed by atoms with Crippen LogP contribution in [0, 0.1) is 0 Å². The molecule has 2 rings (SSSR count). The van der Waals surface area contributed by atoms with E-state index in [2.05, 4.69) is 0 Å². The lowest BCUT2D eigenvalue weighted by atomic mass is 10.2. The van der Waals surface area contributed by atoms with Gasteiger partial charge in [0.25, 0.3) is 0 Å². The Bertz CT molecular complexity index is 656. The van der Waals surface area contributed by atoms with Crippen molar-refractivity contribution < 1.29 is 14.6 Å². The van der Waals surface area contributed by atoms with Crippen LogP contribution in [0.2, 0.25) is 15.1 Å². The Labute approximate surface area is 130 Å². The van der Waals surface area contributed by atoms with Gasteiger partial charge in [0, 0.05) is 0 Å². The van der Waals surface area contributed by atoms with Crippen molar-refractivity contribution in [3.8, 4) is 5.75 Å². The van der Waals surface area contributed by atoms with E-state index in [9.17, 15) is 4.79 Å². The highest BCUT2D eigenvalue weighted by Gasteiger charge is 2.10. The van der Waals surface area contributed by atoms with Gasteiger partial charge in [0.05, 0.1) is 20.6 Å². The zero-order chi connectivity index (χ0) is 14.7. The van der Waals surface area contributed by atoms with Crippen molar-refractivity contribution in [2.24, 2.45) is 0 Å². The van der Waals surface area contributed by atoms with Crippen LogP contribution in [0.1, 0.15) is 15.9 Å². The van der Waals surface area contributed by atoms with Crippen LogP contribution in [-0.2, 0) is 6.61 Å². The molecule has 0 aliphatic carbocycles. The Morgan fingerprint density at radius 2 is 1.70 bits per heavy atom. The summed E-state index contributed by atoms with van der Waals surface area (Å²) in [6.45, 7) is 0.248. The molecular weight excluding hydrogens is 323 g/mol. The van der Waals surface area contributed by atoms with Crippen molar-refractivity contribution in [2.75, 3.05) is 0 Å². The van der Waals surface area contributed by atoms with Crippen molar-refractivity contribution in [3.63, 3.8) is 0 Å². The molecule has 0 aliphatic rings. The van der Waals surface area contributed by atoms with E-state index in [4.69, 9.17) is 44.6 Å². The summed E-state index contributed by atoms with van der Waals surface area (Å²) in [4.78, 5) is 11.0. The van der Waals surface area contributed by atoms with Crippen molar-refractivity contribution in [1.29, 1.82) is 0 Å². The maximum absolute atomic E-state index is 11.0. The fourth-order valence-corrected chi connectivity index (χ4v) is 2.07. The predicted molar refractivity (Wildman–Crippen MR) is 79.2 cm³/mol. The highest BCUT2D eigenvalue weighted by molar-refractivity contribution is 6.42. The molecule has 1 N–H and O–H groups in total.